The molecule has 0 unspecified atom stereocenters. The summed E-state index contributed by atoms with van der Waals surface area (Å²) in [6.45, 7) is 3.80. The summed E-state index contributed by atoms with van der Waals surface area (Å²) in [6, 6.07) is 3.85. The Labute approximate surface area is 68.8 Å². The van der Waals surface area contributed by atoms with Crippen molar-refractivity contribution >= 4 is 5.65 Å². The molecule has 0 amide bonds. The van der Waals surface area contributed by atoms with E-state index in [0.717, 1.165) is 11.3 Å². The van der Waals surface area contributed by atoms with Gasteiger partial charge in [0.1, 0.15) is 0 Å². The molecule has 4 nitrogen and oxygen atoms in total. The van der Waals surface area contributed by atoms with Crippen LogP contribution in [0.2, 0.25) is 0 Å². The Morgan fingerprint density at radius 3 is 2.83 bits per heavy atom. The molecule has 2 aromatic rings. The molecular formula is C8H9N3O. The van der Waals surface area contributed by atoms with Gasteiger partial charge in [0, 0.05) is 5.69 Å². The number of aromatic nitrogens is 3. The molecule has 0 spiro atoms. The highest BCUT2D eigenvalue weighted by Crippen LogP contribution is 2.06. The minimum Gasteiger partial charge on any atom is -0.247 e. The molecule has 1 N–H and O–H groups in total. The van der Waals surface area contributed by atoms with Crippen molar-refractivity contribution in [3.63, 3.8) is 0 Å². The van der Waals surface area contributed by atoms with Crippen LogP contribution in [0.25, 0.3) is 5.65 Å². The zero-order chi connectivity index (χ0) is 8.72. The number of fused-ring (bicyclic) bond motifs is 1. The lowest BCUT2D eigenvalue weighted by molar-refractivity contribution is 0.989. The van der Waals surface area contributed by atoms with Crippen LogP contribution in [-0.2, 0) is 0 Å². The molecule has 2 aromatic heterocycles. The highest BCUT2D eigenvalue weighted by molar-refractivity contribution is 5.46. The number of H-pyrrole nitrogens is 1. The molecular weight excluding hydrogens is 154 g/mol. The zero-order valence-corrected chi connectivity index (χ0v) is 6.96. The van der Waals surface area contributed by atoms with Crippen LogP contribution in [0.3, 0.4) is 0 Å². The molecule has 0 saturated carbocycles. The van der Waals surface area contributed by atoms with Gasteiger partial charge in [0.2, 0.25) is 0 Å². The summed E-state index contributed by atoms with van der Waals surface area (Å²) in [5, 5.41) is 6.32. The zero-order valence-electron chi connectivity index (χ0n) is 6.96. The maximum atomic E-state index is 11.2. The van der Waals surface area contributed by atoms with Crippen molar-refractivity contribution in [3.05, 3.63) is 33.9 Å². The summed E-state index contributed by atoms with van der Waals surface area (Å²) in [5.41, 5.74) is 2.43. The average molecular weight is 163 g/mol. The summed E-state index contributed by atoms with van der Waals surface area (Å²) in [7, 11) is 0. The van der Waals surface area contributed by atoms with E-state index in [1.165, 1.54) is 0 Å². The number of pyridine rings is 1. The van der Waals surface area contributed by atoms with Crippen LogP contribution in [0, 0.1) is 13.8 Å². The minimum absolute atomic E-state index is 0.175. The van der Waals surface area contributed by atoms with Crippen LogP contribution in [-0.4, -0.2) is 14.6 Å². The van der Waals surface area contributed by atoms with Gasteiger partial charge in [-0.2, -0.15) is 5.10 Å². The number of aryl methyl sites for hydroxylation is 2. The Hall–Kier alpha value is -1.58. The number of nitrogens with one attached hydrogen (secondary N) is 1. The number of nitrogens with zero attached hydrogens (tertiary/aromatic N) is 2. The van der Waals surface area contributed by atoms with Crippen LogP contribution < -0.4 is 5.69 Å². The fourth-order valence-electron chi connectivity index (χ4n) is 1.28. The molecule has 0 fully saturated rings. The summed E-state index contributed by atoms with van der Waals surface area (Å²) in [5.74, 6) is 0. The molecule has 0 bridgehead atoms. The summed E-state index contributed by atoms with van der Waals surface area (Å²) >= 11 is 0. The van der Waals surface area contributed by atoms with Gasteiger partial charge in [0.05, 0.1) is 0 Å². The van der Waals surface area contributed by atoms with E-state index < -0.39 is 0 Å². The first-order valence-electron chi connectivity index (χ1n) is 3.73. The molecule has 2 rings (SSSR count). The van der Waals surface area contributed by atoms with Crippen LogP contribution in [0.15, 0.2) is 16.9 Å². The van der Waals surface area contributed by atoms with Crippen molar-refractivity contribution in [3.8, 4) is 0 Å². The first-order chi connectivity index (χ1) is 5.70. The minimum atomic E-state index is -0.175. The van der Waals surface area contributed by atoms with E-state index in [9.17, 15) is 4.79 Å². The molecule has 62 valence electrons. The van der Waals surface area contributed by atoms with Crippen LogP contribution >= 0.6 is 0 Å². The second-order valence-electron chi connectivity index (χ2n) is 2.85. The van der Waals surface area contributed by atoms with Crippen molar-refractivity contribution in [2.75, 3.05) is 0 Å². The van der Waals surface area contributed by atoms with Gasteiger partial charge in [-0.1, -0.05) is 6.07 Å². The van der Waals surface area contributed by atoms with E-state index in [2.05, 4.69) is 10.2 Å². The van der Waals surface area contributed by atoms with Gasteiger partial charge in [-0.25, -0.2) is 14.3 Å². The molecule has 0 radical (unpaired) electrons. The van der Waals surface area contributed by atoms with Crippen molar-refractivity contribution in [2.45, 2.75) is 13.8 Å². The monoisotopic (exact) mass is 163 g/mol. The van der Waals surface area contributed by atoms with Crippen molar-refractivity contribution in [1.82, 2.24) is 14.6 Å². The lowest BCUT2D eigenvalue weighted by Gasteiger charge is -1.98. The van der Waals surface area contributed by atoms with Gasteiger partial charge in [0.15, 0.2) is 5.65 Å². The lowest BCUT2D eigenvalue weighted by atomic mass is 10.2. The van der Waals surface area contributed by atoms with E-state index in [4.69, 9.17) is 0 Å². The summed E-state index contributed by atoms with van der Waals surface area (Å²) in [6.07, 6.45) is 0. The topological polar surface area (TPSA) is 50.2 Å². The third-order valence-corrected chi connectivity index (χ3v) is 1.95. The molecule has 12 heavy (non-hydrogen) atoms. The van der Waals surface area contributed by atoms with Crippen molar-refractivity contribution in [1.29, 1.82) is 0 Å². The summed E-state index contributed by atoms with van der Waals surface area (Å²) in [4.78, 5) is 11.2. The lowest BCUT2D eigenvalue weighted by Crippen LogP contribution is -2.11. The van der Waals surface area contributed by atoms with Crippen molar-refractivity contribution < 1.29 is 0 Å². The van der Waals surface area contributed by atoms with Crippen LogP contribution in [0.4, 0.5) is 0 Å². The SMILES string of the molecule is Cc1ccc(C)n2c(=O)[nH]nc12. The van der Waals surface area contributed by atoms with Gasteiger partial charge in [-0.05, 0) is 25.5 Å². The predicted octanol–water partition coefficient (Wildman–Crippen LogP) is 0.639. The number of hydrogen-bond donors (Lipinski definition) is 1. The van der Waals surface area contributed by atoms with E-state index >= 15 is 0 Å². The standard InChI is InChI=1S/C8H9N3O/c1-5-3-4-6(2)11-7(5)9-10-8(11)12/h3-4H,1-2H3,(H,10,12). The van der Waals surface area contributed by atoms with Gasteiger partial charge >= 0.3 is 5.69 Å². The van der Waals surface area contributed by atoms with Gasteiger partial charge in [-0.3, -0.25) is 0 Å². The third-order valence-electron chi connectivity index (χ3n) is 1.95. The second-order valence-corrected chi connectivity index (χ2v) is 2.85. The fraction of sp³-hybridized carbons (Fsp3) is 0.250. The van der Waals surface area contributed by atoms with Crippen LogP contribution in [0.1, 0.15) is 11.3 Å². The molecule has 2 heterocycles. The Morgan fingerprint density at radius 1 is 1.42 bits per heavy atom. The fourth-order valence-corrected chi connectivity index (χ4v) is 1.28. The first-order valence-corrected chi connectivity index (χ1v) is 3.73. The molecule has 0 saturated heterocycles. The molecule has 0 aliphatic heterocycles. The van der Waals surface area contributed by atoms with Gasteiger partial charge in [-0.15, -0.1) is 0 Å². The Morgan fingerprint density at radius 2 is 2.17 bits per heavy atom. The largest absolute Gasteiger partial charge is 0.347 e. The van der Waals surface area contributed by atoms with E-state index in [0.29, 0.717) is 5.65 Å². The first kappa shape index (κ1) is 7.09. The normalized spacial score (nSPS) is 10.8. The average Bonchev–Trinajstić information content (AvgIpc) is 2.42. The molecule has 0 aliphatic carbocycles. The van der Waals surface area contributed by atoms with E-state index in [1.54, 1.807) is 4.40 Å². The predicted molar refractivity (Wildman–Crippen MR) is 45.3 cm³/mol. The third kappa shape index (κ3) is 0.777. The van der Waals surface area contributed by atoms with Gasteiger partial charge < -0.3 is 0 Å². The number of aromatic amines is 1. The number of hydrogen-bond acceptors (Lipinski definition) is 2. The molecule has 0 aliphatic rings. The molecule has 4 heteroatoms. The highest BCUT2D eigenvalue weighted by atomic mass is 16.1. The molecule has 0 atom stereocenters. The van der Waals surface area contributed by atoms with Crippen LogP contribution in [0.5, 0.6) is 0 Å². The maximum absolute atomic E-state index is 11.2. The Bertz CT molecular complexity index is 480. The van der Waals surface area contributed by atoms with Gasteiger partial charge in [0.25, 0.3) is 0 Å². The quantitative estimate of drug-likeness (QED) is 0.619. The summed E-state index contributed by atoms with van der Waals surface area (Å²) < 4.78 is 1.56. The highest BCUT2D eigenvalue weighted by Gasteiger charge is 2.03. The maximum Gasteiger partial charge on any atom is 0.347 e. The van der Waals surface area contributed by atoms with E-state index in [-0.39, 0.29) is 5.69 Å². The second kappa shape index (κ2) is 2.20. The van der Waals surface area contributed by atoms with E-state index in [1.807, 2.05) is 26.0 Å². The molecule has 0 aromatic carbocycles. The Balaban J connectivity index is 3.09. The Kier molecular flexibility index (Phi) is 1.30. The smallest absolute Gasteiger partial charge is 0.247 e. The van der Waals surface area contributed by atoms with Crippen molar-refractivity contribution in [2.24, 2.45) is 0 Å². The number of rotatable bonds is 0.